The zero-order chi connectivity index (χ0) is 18.0. The summed E-state index contributed by atoms with van der Waals surface area (Å²) in [7, 11) is 4.50. The lowest BCUT2D eigenvalue weighted by Crippen LogP contribution is -2.30. The molecule has 0 saturated carbocycles. The molecule has 1 amide bonds. The molecule has 0 fully saturated rings. The van der Waals surface area contributed by atoms with Gasteiger partial charge >= 0.3 is 0 Å². The molecule has 2 aromatic rings. The van der Waals surface area contributed by atoms with Crippen LogP contribution in [0.4, 0.5) is 11.5 Å². The van der Waals surface area contributed by atoms with E-state index >= 15 is 0 Å². The molecule has 1 N–H and O–H groups in total. The van der Waals surface area contributed by atoms with Crippen molar-refractivity contribution in [2.24, 2.45) is 7.05 Å². The largest absolute Gasteiger partial charge is 0.340 e. The Balaban J connectivity index is 2.61. The Labute approximate surface area is 158 Å². The predicted octanol–water partition coefficient (Wildman–Crippen LogP) is 3.33. The van der Waals surface area contributed by atoms with Crippen LogP contribution >= 0.6 is 34.2 Å². The molecular formula is C16H17ClIN3O3. The maximum atomic E-state index is 12.6. The van der Waals surface area contributed by atoms with Crippen LogP contribution in [0.5, 0.6) is 0 Å². The summed E-state index contributed by atoms with van der Waals surface area (Å²) in [6, 6.07) is 7.01. The Hall–Kier alpha value is -1.58. The number of benzene rings is 1. The zero-order valence-corrected chi connectivity index (χ0v) is 16.6. The van der Waals surface area contributed by atoms with Crippen molar-refractivity contribution < 1.29 is 9.63 Å². The number of amides is 1. The summed E-state index contributed by atoms with van der Waals surface area (Å²) in [6.45, 7) is 1.66. The van der Waals surface area contributed by atoms with Gasteiger partial charge in [-0.2, -0.15) is 0 Å². The number of nitrogens with one attached hydrogen (secondary N) is 1. The lowest BCUT2D eigenvalue weighted by Gasteiger charge is -2.20. The highest BCUT2D eigenvalue weighted by Gasteiger charge is 2.21. The van der Waals surface area contributed by atoms with Crippen LogP contribution in [0.2, 0.25) is 5.02 Å². The van der Waals surface area contributed by atoms with Crippen molar-refractivity contribution in [2.45, 2.75) is 6.92 Å². The second-order valence-corrected chi connectivity index (χ2v) is 6.84. The third kappa shape index (κ3) is 3.73. The van der Waals surface area contributed by atoms with E-state index in [2.05, 4.69) is 27.9 Å². The summed E-state index contributed by atoms with van der Waals surface area (Å²) >= 11 is 8.41. The standard InChI is InChI=1S/C16H17ClIN3O3/c1-9-7-11(16(23)21(3)24-4)14(20(2)15(9)22)19-13-6-5-10(18)8-12(13)17/h5-8,19H,1-4H3. The molecule has 1 aromatic heterocycles. The molecular weight excluding hydrogens is 445 g/mol. The van der Waals surface area contributed by atoms with Gasteiger partial charge in [0.15, 0.2) is 0 Å². The summed E-state index contributed by atoms with van der Waals surface area (Å²) in [5, 5.41) is 4.68. The molecule has 0 atom stereocenters. The van der Waals surface area contributed by atoms with E-state index in [1.54, 1.807) is 32.2 Å². The van der Waals surface area contributed by atoms with Crippen LogP contribution in [-0.2, 0) is 11.9 Å². The monoisotopic (exact) mass is 461 g/mol. The van der Waals surface area contributed by atoms with Gasteiger partial charge < -0.3 is 5.32 Å². The molecule has 0 aliphatic carbocycles. The van der Waals surface area contributed by atoms with E-state index in [0.29, 0.717) is 27.7 Å². The average molecular weight is 462 g/mol. The molecule has 0 bridgehead atoms. The number of hydrogen-bond acceptors (Lipinski definition) is 4. The highest BCUT2D eigenvalue weighted by Crippen LogP contribution is 2.28. The summed E-state index contributed by atoms with van der Waals surface area (Å²) in [4.78, 5) is 29.8. The highest BCUT2D eigenvalue weighted by atomic mass is 127. The number of aryl methyl sites for hydroxylation is 1. The number of hydrogen-bond donors (Lipinski definition) is 1. The highest BCUT2D eigenvalue weighted by molar-refractivity contribution is 14.1. The molecule has 8 heteroatoms. The third-order valence-corrected chi connectivity index (χ3v) is 4.55. The fourth-order valence-electron chi connectivity index (χ4n) is 2.18. The van der Waals surface area contributed by atoms with Crippen molar-refractivity contribution in [3.8, 4) is 0 Å². The Morgan fingerprint density at radius 1 is 1.38 bits per heavy atom. The van der Waals surface area contributed by atoms with Gasteiger partial charge in [-0.3, -0.25) is 19.0 Å². The lowest BCUT2D eigenvalue weighted by molar-refractivity contribution is -0.0756. The van der Waals surface area contributed by atoms with Crippen LogP contribution < -0.4 is 10.9 Å². The number of hydroxylamine groups is 2. The van der Waals surface area contributed by atoms with Crippen LogP contribution in [-0.4, -0.2) is 29.7 Å². The first-order valence-electron chi connectivity index (χ1n) is 7.01. The van der Waals surface area contributed by atoms with Gasteiger partial charge in [0.25, 0.3) is 11.5 Å². The first kappa shape index (κ1) is 18.8. The molecule has 0 aliphatic rings. The average Bonchev–Trinajstić information content (AvgIpc) is 2.55. The van der Waals surface area contributed by atoms with E-state index < -0.39 is 0 Å². The van der Waals surface area contributed by atoms with Gasteiger partial charge in [-0.25, -0.2) is 5.06 Å². The van der Waals surface area contributed by atoms with Crippen molar-refractivity contribution in [1.29, 1.82) is 0 Å². The quantitative estimate of drug-likeness (QED) is 0.560. The number of halogens is 2. The van der Waals surface area contributed by atoms with Crippen LogP contribution in [0.25, 0.3) is 0 Å². The third-order valence-electron chi connectivity index (χ3n) is 3.57. The number of rotatable bonds is 4. The van der Waals surface area contributed by atoms with Crippen LogP contribution in [0.3, 0.4) is 0 Å². The summed E-state index contributed by atoms with van der Waals surface area (Å²) < 4.78 is 2.37. The minimum Gasteiger partial charge on any atom is -0.340 e. The van der Waals surface area contributed by atoms with Crippen LogP contribution in [0.1, 0.15) is 15.9 Å². The summed E-state index contributed by atoms with van der Waals surface area (Å²) in [5.74, 6) is -0.0251. The fraction of sp³-hybridized carbons (Fsp3) is 0.250. The first-order chi connectivity index (χ1) is 11.3. The number of anilines is 2. The van der Waals surface area contributed by atoms with Gasteiger partial charge in [-0.15, -0.1) is 0 Å². The molecule has 0 saturated heterocycles. The van der Waals surface area contributed by atoms with Crippen LogP contribution in [0.15, 0.2) is 29.1 Å². The maximum Gasteiger partial charge on any atom is 0.280 e. The van der Waals surface area contributed by atoms with Crippen molar-refractivity contribution in [3.63, 3.8) is 0 Å². The van der Waals surface area contributed by atoms with E-state index in [1.165, 1.54) is 18.7 Å². The molecule has 2 rings (SSSR count). The van der Waals surface area contributed by atoms with Gasteiger partial charge in [-0.1, -0.05) is 11.6 Å². The first-order valence-corrected chi connectivity index (χ1v) is 8.46. The maximum absolute atomic E-state index is 12.6. The van der Waals surface area contributed by atoms with Crippen molar-refractivity contribution >= 4 is 51.6 Å². The minimum atomic E-state index is -0.375. The number of pyridine rings is 1. The number of nitrogens with zero attached hydrogens (tertiary/aromatic N) is 2. The van der Waals surface area contributed by atoms with E-state index in [9.17, 15) is 9.59 Å². The Kier molecular flexibility index (Phi) is 5.89. The zero-order valence-electron chi connectivity index (χ0n) is 13.7. The minimum absolute atomic E-state index is 0.198. The predicted molar refractivity (Wildman–Crippen MR) is 103 cm³/mol. The van der Waals surface area contributed by atoms with E-state index in [-0.39, 0.29) is 11.5 Å². The smallest absolute Gasteiger partial charge is 0.280 e. The molecule has 0 aliphatic heterocycles. The number of aromatic nitrogens is 1. The molecule has 0 spiro atoms. The van der Waals surface area contributed by atoms with E-state index in [1.807, 2.05) is 6.07 Å². The normalized spacial score (nSPS) is 10.6. The molecule has 6 nitrogen and oxygen atoms in total. The van der Waals surface area contributed by atoms with Crippen molar-refractivity contribution in [1.82, 2.24) is 9.63 Å². The second-order valence-electron chi connectivity index (χ2n) is 5.19. The van der Waals surface area contributed by atoms with Gasteiger partial charge in [0, 0.05) is 23.2 Å². The van der Waals surface area contributed by atoms with Crippen LogP contribution in [0, 0.1) is 10.5 Å². The van der Waals surface area contributed by atoms with Gasteiger partial charge in [0.05, 0.1) is 23.4 Å². The SMILES string of the molecule is CON(C)C(=O)c1cc(C)c(=O)n(C)c1Nc1ccc(I)cc1Cl. The van der Waals surface area contributed by atoms with E-state index in [0.717, 1.165) is 8.63 Å². The van der Waals surface area contributed by atoms with Gasteiger partial charge in [0.1, 0.15) is 5.82 Å². The Bertz CT molecular complexity index is 851. The van der Waals surface area contributed by atoms with Gasteiger partial charge in [0.2, 0.25) is 0 Å². The topological polar surface area (TPSA) is 63.6 Å². The molecule has 128 valence electrons. The molecule has 24 heavy (non-hydrogen) atoms. The fourth-order valence-corrected chi connectivity index (χ4v) is 3.08. The number of carbonyl (C=O) groups excluding carboxylic acids is 1. The Morgan fingerprint density at radius 2 is 2.04 bits per heavy atom. The molecule has 0 radical (unpaired) electrons. The Morgan fingerprint density at radius 3 is 2.62 bits per heavy atom. The number of carbonyl (C=O) groups is 1. The lowest BCUT2D eigenvalue weighted by atomic mass is 10.1. The summed E-state index contributed by atoms with van der Waals surface area (Å²) in [5.41, 5.74) is 1.18. The molecule has 1 heterocycles. The van der Waals surface area contributed by atoms with E-state index in [4.69, 9.17) is 16.4 Å². The van der Waals surface area contributed by atoms with Crippen molar-refractivity contribution in [3.05, 3.63) is 54.3 Å². The summed E-state index contributed by atoms with van der Waals surface area (Å²) in [6.07, 6.45) is 0. The second kappa shape index (κ2) is 7.54. The molecule has 1 aromatic carbocycles. The van der Waals surface area contributed by atoms with Crippen molar-refractivity contribution in [2.75, 3.05) is 19.5 Å². The molecule has 0 unspecified atom stereocenters. The van der Waals surface area contributed by atoms with Gasteiger partial charge in [-0.05, 0) is 53.8 Å².